The molecule has 0 amide bonds. The molecular formula is C23H18F2N4O4S. The number of aryl methyl sites for hydroxylation is 1. The van der Waals surface area contributed by atoms with Gasteiger partial charge in [0.1, 0.15) is 5.75 Å². The van der Waals surface area contributed by atoms with E-state index in [9.17, 15) is 18.4 Å². The third-order valence-electron chi connectivity index (χ3n) is 4.86. The van der Waals surface area contributed by atoms with Crippen LogP contribution in [0.1, 0.15) is 32.2 Å². The largest absolute Gasteiger partial charge is 0.453 e. The third-order valence-corrected chi connectivity index (χ3v) is 5.69. The number of nitrogens with zero attached hydrogens (tertiary/aromatic N) is 4. The van der Waals surface area contributed by atoms with Gasteiger partial charge in [0.05, 0.1) is 0 Å². The van der Waals surface area contributed by atoms with Crippen molar-refractivity contribution in [2.75, 3.05) is 6.61 Å². The number of ketones is 1. The number of esters is 1. The number of Topliss-reactive ketones (excluding diaryl/α,β-unsaturated/α-hetero) is 1. The number of hydrogen-bond acceptors (Lipinski definition) is 8. The zero-order chi connectivity index (χ0) is 24.2. The summed E-state index contributed by atoms with van der Waals surface area (Å²) in [5.74, 6) is -0.681. The Morgan fingerprint density at radius 3 is 2.50 bits per heavy atom. The smallest absolute Gasteiger partial charge is 0.387 e. The highest BCUT2D eigenvalue weighted by Crippen LogP contribution is 2.24. The first-order chi connectivity index (χ1) is 16.3. The molecule has 1 aromatic carbocycles. The standard InChI is InChI=1S/C23H18F2N4O4S/c1-13-10-17(14(2)29(13)15-4-6-16(7-5-15)33-23(24)25)19(30)11-32-22(31)18-12-34-21(28-18)20-26-8-3-9-27-20/h3-10,12,23H,11H2,1-2H3. The molecule has 0 fully saturated rings. The van der Waals surface area contributed by atoms with Gasteiger partial charge < -0.3 is 14.0 Å². The topological polar surface area (TPSA) is 96.2 Å². The molecule has 0 aliphatic rings. The molecule has 0 aliphatic heterocycles. The van der Waals surface area contributed by atoms with Crippen LogP contribution in [0, 0.1) is 13.8 Å². The molecule has 8 nitrogen and oxygen atoms in total. The molecule has 0 N–H and O–H groups in total. The van der Waals surface area contributed by atoms with Crippen molar-refractivity contribution in [1.29, 1.82) is 0 Å². The molecule has 0 saturated heterocycles. The lowest BCUT2D eigenvalue weighted by Crippen LogP contribution is -2.15. The van der Waals surface area contributed by atoms with Gasteiger partial charge in [-0.2, -0.15) is 8.78 Å². The highest BCUT2D eigenvalue weighted by atomic mass is 32.1. The fourth-order valence-electron chi connectivity index (χ4n) is 3.38. The van der Waals surface area contributed by atoms with E-state index in [0.717, 1.165) is 5.69 Å². The van der Waals surface area contributed by atoms with E-state index in [1.165, 1.54) is 28.8 Å². The molecule has 0 unspecified atom stereocenters. The van der Waals surface area contributed by atoms with Crippen LogP contribution in [0.15, 0.2) is 54.2 Å². The summed E-state index contributed by atoms with van der Waals surface area (Å²) in [7, 11) is 0. The van der Waals surface area contributed by atoms with Crippen molar-refractivity contribution in [3.63, 3.8) is 0 Å². The van der Waals surface area contributed by atoms with Crippen molar-refractivity contribution in [3.8, 4) is 22.3 Å². The normalized spacial score (nSPS) is 11.0. The maximum Gasteiger partial charge on any atom is 0.387 e. The zero-order valence-corrected chi connectivity index (χ0v) is 18.9. The first kappa shape index (κ1) is 23.2. The molecule has 3 aromatic heterocycles. The van der Waals surface area contributed by atoms with Crippen molar-refractivity contribution in [1.82, 2.24) is 19.5 Å². The van der Waals surface area contributed by atoms with Gasteiger partial charge in [-0.3, -0.25) is 4.79 Å². The molecule has 0 atom stereocenters. The van der Waals surface area contributed by atoms with Crippen LogP contribution in [0.25, 0.3) is 16.5 Å². The number of rotatable bonds is 8. The molecule has 0 aliphatic carbocycles. The number of aromatic nitrogens is 4. The second-order valence-corrected chi connectivity index (χ2v) is 7.96. The van der Waals surface area contributed by atoms with E-state index in [0.29, 0.717) is 27.8 Å². The van der Waals surface area contributed by atoms with Gasteiger partial charge in [0.2, 0.25) is 5.78 Å². The van der Waals surface area contributed by atoms with Crippen LogP contribution in [-0.2, 0) is 4.74 Å². The molecule has 0 radical (unpaired) electrons. The molecule has 34 heavy (non-hydrogen) atoms. The third kappa shape index (κ3) is 4.99. The Balaban J connectivity index is 1.44. The lowest BCUT2D eigenvalue weighted by molar-refractivity contribution is -0.0498. The van der Waals surface area contributed by atoms with Crippen LogP contribution >= 0.6 is 11.3 Å². The van der Waals surface area contributed by atoms with E-state index in [4.69, 9.17) is 4.74 Å². The average molecular weight is 484 g/mol. The minimum absolute atomic E-state index is 0.0356. The Kier molecular flexibility index (Phi) is 6.73. The summed E-state index contributed by atoms with van der Waals surface area (Å²) in [5, 5.41) is 1.98. The second-order valence-electron chi connectivity index (χ2n) is 7.10. The van der Waals surface area contributed by atoms with Crippen molar-refractivity contribution in [3.05, 3.63) is 76.8 Å². The van der Waals surface area contributed by atoms with Crippen LogP contribution in [-0.4, -0.2) is 44.5 Å². The maximum absolute atomic E-state index is 12.8. The number of carbonyl (C=O) groups excluding carboxylic acids is 2. The first-order valence-corrected chi connectivity index (χ1v) is 10.9. The summed E-state index contributed by atoms with van der Waals surface area (Å²) in [6, 6.07) is 9.43. The van der Waals surface area contributed by atoms with Crippen molar-refractivity contribution in [2.24, 2.45) is 0 Å². The predicted molar refractivity (Wildman–Crippen MR) is 120 cm³/mol. The van der Waals surface area contributed by atoms with Crippen molar-refractivity contribution < 1.29 is 27.8 Å². The van der Waals surface area contributed by atoms with Crippen LogP contribution in [0.5, 0.6) is 5.75 Å². The molecule has 4 rings (SSSR count). The fourth-order valence-corrected chi connectivity index (χ4v) is 4.12. The van der Waals surface area contributed by atoms with Gasteiger partial charge in [0.15, 0.2) is 23.1 Å². The Bertz CT molecular complexity index is 1320. The number of ether oxygens (including phenoxy) is 2. The lowest BCUT2D eigenvalue weighted by Gasteiger charge is -2.11. The first-order valence-electron chi connectivity index (χ1n) is 10.0. The van der Waals surface area contributed by atoms with Crippen LogP contribution < -0.4 is 4.74 Å². The van der Waals surface area contributed by atoms with Crippen LogP contribution in [0.2, 0.25) is 0 Å². The number of alkyl halides is 2. The lowest BCUT2D eigenvalue weighted by atomic mass is 10.1. The molecule has 0 saturated carbocycles. The van der Waals surface area contributed by atoms with Gasteiger partial charge in [0, 0.05) is 40.4 Å². The van der Waals surface area contributed by atoms with Crippen LogP contribution in [0.4, 0.5) is 8.78 Å². The average Bonchev–Trinajstić information content (AvgIpc) is 3.43. The summed E-state index contributed by atoms with van der Waals surface area (Å²) < 4.78 is 36.1. The van der Waals surface area contributed by atoms with Crippen LogP contribution in [0.3, 0.4) is 0 Å². The molecule has 4 aromatic rings. The maximum atomic E-state index is 12.8. The number of halogens is 2. The number of carbonyl (C=O) groups is 2. The predicted octanol–water partition coefficient (Wildman–Crippen LogP) is 4.65. The van der Waals surface area contributed by atoms with Gasteiger partial charge >= 0.3 is 12.6 Å². The quantitative estimate of drug-likeness (QED) is 0.265. The number of hydrogen-bond donors (Lipinski definition) is 0. The van der Waals surface area contributed by atoms with Crippen molar-refractivity contribution >= 4 is 23.1 Å². The Morgan fingerprint density at radius 1 is 1.12 bits per heavy atom. The van der Waals surface area contributed by atoms with Gasteiger partial charge in [-0.25, -0.2) is 19.7 Å². The highest BCUT2D eigenvalue weighted by Gasteiger charge is 2.20. The van der Waals surface area contributed by atoms with E-state index in [1.807, 2.05) is 6.92 Å². The molecular weight excluding hydrogens is 466 g/mol. The molecule has 174 valence electrons. The summed E-state index contributed by atoms with van der Waals surface area (Å²) in [6.45, 7) is 0.189. The van der Waals surface area contributed by atoms with E-state index in [2.05, 4.69) is 19.7 Å². The summed E-state index contributed by atoms with van der Waals surface area (Å²) in [6.07, 6.45) is 3.14. The molecule has 0 spiro atoms. The Labute approximate surface area is 196 Å². The van der Waals surface area contributed by atoms with Gasteiger partial charge in [-0.05, 0) is 50.2 Å². The second kappa shape index (κ2) is 9.87. The summed E-state index contributed by atoms with van der Waals surface area (Å²) in [5.41, 5.74) is 2.50. The van der Waals surface area contributed by atoms with Gasteiger partial charge in [-0.1, -0.05) is 0 Å². The van der Waals surface area contributed by atoms with E-state index in [1.54, 1.807) is 48.1 Å². The number of benzene rings is 1. The fraction of sp³-hybridized carbons (Fsp3) is 0.174. The van der Waals surface area contributed by atoms with Gasteiger partial charge in [0.25, 0.3) is 0 Å². The molecule has 0 bridgehead atoms. The van der Waals surface area contributed by atoms with Gasteiger partial charge in [-0.15, -0.1) is 11.3 Å². The molecule has 3 heterocycles. The molecule has 11 heteroatoms. The monoisotopic (exact) mass is 484 g/mol. The van der Waals surface area contributed by atoms with Crippen molar-refractivity contribution in [2.45, 2.75) is 20.5 Å². The minimum Gasteiger partial charge on any atom is -0.453 e. The van der Waals surface area contributed by atoms with E-state index in [-0.39, 0.29) is 17.2 Å². The minimum atomic E-state index is -2.91. The Hall–Kier alpha value is -3.99. The number of thiazole rings is 1. The summed E-state index contributed by atoms with van der Waals surface area (Å²) >= 11 is 1.20. The SMILES string of the molecule is Cc1cc(C(=O)COC(=O)c2csc(-c3ncccn3)n2)c(C)n1-c1ccc(OC(F)F)cc1. The highest BCUT2D eigenvalue weighted by molar-refractivity contribution is 7.13. The summed E-state index contributed by atoms with van der Waals surface area (Å²) in [4.78, 5) is 37.5. The zero-order valence-electron chi connectivity index (χ0n) is 18.1. The van der Waals surface area contributed by atoms with E-state index >= 15 is 0 Å². The Morgan fingerprint density at radius 2 is 1.82 bits per heavy atom. The van der Waals surface area contributed by atoms with E-state index < -0.39 is 19.2 Å².